The number of nitrogens with one attached hydrogen (secondary N) is 1. The van der Waals surface area contributed by atoms with E-state index in [0.717, 1.165) is 6.42 Å². The summed E-state index contributed by atoms with van der Waals surface area (Å²) in [5.74, 6) is 0.169. The van der Waals surface area contributed by atoms with Crippen molar-refractivity contribution in [1.29, 1.82) is 0 Å². The first-order chi connectivity index (χ1) is 5.25. The van der Waals surface area contributed by atoms with E-state index in [0.29, 0.717) is 19.4 Å². The molecular weight excluding hydrogens is 144 g/mol. The van der Waals surface area contributed by atoms with Crippen molar-refractivity contribution < 1.29 is 9.59 Å². The Bertz CT molecular complexity index is 170. The van der Waals surface area contributed by atoms with Crippen LogP contribution in [-0.4, -0.2) is 36.9 Å². The highest BCUT2D eigenvalue weighted by Gasteiger charge is 2.26. The van der Waals surface area contributed by atoms with Crippen LogP contribution in [0.4, 0.5) is 0 Å². The molecule has 0 bridgehead atoms. The van der Waals surface area contributed by atoms with Gasteiger partial charge in [0.15, 0.2) is 0 Å². The maximum atomic E-state index is 11.0. The average molecular weight is 156 g/mol. The van der Waals surface area contributed by atoms with Crippen molar-refractivity contribution >= 4 is 12.3 Å². The molecule has 4 nitrogen and oxygen atoms in total. The number of hydrogen-bond donors (Lipinski definition) is 1. The topological polar surface area (TPSA) is 49.4 Å². The maximum absolute atomic E-state index is 11.0. The standard InChI is InChI=1S/C7H12N2O2/c1-9-6(4-8-5-10)2-3-7(9)11/h5-6H,2-4H2,1H3,(H,8,10). The first-order valence-corrected chi connectivity index (χ1v) is 3.68. The van der Waals surface area contributed by atoms with Crippen LogP contribution in [0.3, 0.4) is 0 Å². The summed E-state index contributed by atoms with van der Waals surface area (Å²) in [6.07, 6.45) is 2.13. The molecule has 1 rings (SSSR count). The van der Waals surface area contributed by atoms with Gasteiger partial charge in [0.1, 0.15) is 0 Å². The van der Waals surface area contributed by atoms with Gasteiger partial charge in [0.05, 0.1) is 0 Å². The molecule has 62 valence electrons. The van der Waals surface area contributed by atoms with Gasteiger partial charge in [-0.05, 0) is 6.42 Å². The first-order valence-electron chi connectivity index (χ1n) is 3.68. The van der Waals surface area contributed by atoms with E-state index in [-0.39, 0.29) is 11.9 Å². The summed E-state index contributed by atoms with van der Waals surface area (Å²) in [5.41, 5.74) is 0. The summed E-state index contributed by atoms with van der Waals surface area (Å²) in [7, 11) is 1.77. The van der Waals surface area contributed by atoms with Gasteiger partial charge in [-0.15, -0.1) is 0 Å². The van der Waals surface area contributed by atoms with Gasteiger partial charge in [-0.2, -0.15) is 0 Å². The van der Waals surface area contributed by atoms with E-state index in [1.54, 1.807) is 11.9 Å². The zero-order chi connectivity index (χ0) is 8.27. The Balaban J connectivity index is 2.35. The highest BCUT2D eigenvalue weighted by atomic mass is 16.2. The Morgan fingerprint density at radius 2 is 2.55 bits per heavy atom. The molecule has 1 atom stereocenters. The van der Waals surface area contributed by atoms with Gasteiger partial charge in [0, 0.05) is 26.1 Å². The second kappa shape index (κ2) is 3.37. The van der Waals surface area contributed by atoms with Gasteiger partial charge < -0.3 is 10.2 Å². The Labute approximate surface area is 65.6 Å². The largest absolute Gasteiger partial charge is 0.357 e. The normalized spacial score (nSPS) is 23.9. The molecule has 0 aromatic heterocycles. The lowest BCUT2D eigenvalue weighted by Crippen LogP contribution is -2.36. The Kier molecular flexibility index (Phi) is 2.46. The minimum absolute atomic E-state index is 0.169. The Morgan fingerprint density at radius 3 is 3.00 bits per heavy atom. The second-order valence-electron chi connectivity index (χ2n) is 2.72. The molecular formula is C7H12N2O2. The molecule has 0 radical (unpaired) electrons. The van der Waals surface area contributed by atoms with Gasteiger partial charge in [-0.1, -0.05) is 0 Å². The van der Waals surface area contributed by atoms with E-state index < -0.39 is 0 Å². The molecule has 1 N–H and O–H groups in total. The van der Waals surface area contributed by atoms with E-state index >= 15 is 0 Å². The Morgan fingerprint density at radius 1 is 1.82 bits per heavy atom. The maximum Gasteiger partial charge on any atom is 0.222 e. The van der Waals surface area contributed by atoms with Gasteiger partial charge >= 0.3 is 0 Å². The third kappa shape index (κ3) is 1.69. The molecule has 4 heteroatoms. The molecule has 1 aliphatic rings. The molecule has 1 heterocycles. The fourth-order valence-corrected chi connectivity index (χ4v) is 1.29. The summed E-state index contributed by atoms with van der Waals surface area (Å²) in [6.45, 7) is 0.575. The molecule has 0 spiro atoms. The molecule has 0 aromatic carbocycles. The predicted octanol–water partition coefficient (Wildman–Crippen LogP) is -0.647. The van der Waals surface area contributed by atoms with E-state index in [4.69, 9.17) is 0 Å². The van der Waals surface area contributed by atoms with Crippen molar-refractivity contribution in [3.63, 3.8) is 0 Å². The monoisotopic (exact) mass is 156 g/mol. The van der Waals surface area contributed by atoms with Gasteiger partial charge in [-0.3, -0.25) is 9.59 Å². The first kappa shape index (κ1) is 8.04. The van der Waals surface area contributed by atoms with E-state index in [9.17, 15) is 9.59 Å². The summed E-state index contributed by atoms with van der Waals surface area (Å²) >= 11 is 0. The Hall–Kier alpha value is -1.06. The third-order valence-electron chi connectivity index (χ3n) is 2.07. The summed E-state index contributed by atoms with van der Waals surface area (Å²) in [4.78, 5) is 22.6. The average Bonchev–Trinajstić information content (AvgIpc) is 2.31. The van der Waals surface area contributed by atoms with Crippen LogP contribution in [0.15, 0.2) is 0 Å². The molecule has 11 heavy (non-hydrogen) atoms. The highest BCUT2D eigenvalue weighted by molar-refractivity contribution is 5.78. The summed E-state index contributed by atoms with van der Waals surface area (Å²) in [5, 5.41) is 2.57. The van der Waals surface area contributed by atoms with Crippen molar-refractivity contribution in [1.82, 2.24) is 10.2 Å². The zero-order valence-corrected chi connectivity index (χ0v) is 6.54. The number of rotatable bonds is 3. The van der Waals surface area contributed by atoms with Crippen LogP contribution < -0.4 is 5.32 Å². The number of carbonyl (C=O) groups is 2. The molecule has 0 aromatic rings. The molecule has 0 aliphatic carbocycles. The minimum Gasteiger partial charge on any atom is -0.357 e. The quantitative estimate of drug-likeness (QED) is 0.552. The second-order valence-corrected chi connectivity index (χ2v) is 2.72. The van der Waals surface area contributed by atoms with E-state index in [1.807, 2.05) is 0 Å². The van der Waals surface area contributed by atoms with Gasteiger partial charge in [-0.25, -0.2) is 0 Å². The predicted molar refractivity (Wildman–Crippen MR) is 39.9 cm³/mol. The number of nitrogens with zero attached hydrogens (tertiary/aromatic N) is 1. The smallest absolute Gasteiger partial charge is 0.222 e. The number of hydrogen-bond acceptors (Lipinski definition) is 2. The van der Waals surface area contributed by atoms with Gasteiger partial charge in [0.25, 0.3) is 0 Å². The van der Waals surface area contributed by atoms with E-state index in [1.165, 1.54) is 0 Å². The number of amides is 2. The third-order valence-corrected chi connectivity index (χ3v) is 2.07. The van der Waals surface area contributed by atoms with E-state index in [2.05, 4.69) is 5.32 Å². The van der Waals surface area contributed by atoms with Crippen molar-refractivity contribution in [2.45, 2.75) is 18.9 Å². The van der Waals surface area contributed by atoms with Crippen LogP contribution in [0.2, 0.25) is 0 Å². The molecule has 1 unspecified atom stereocenters. The molecule has 2 amide bonds. The van der Waals surface area contributed by atoms with Crippen molar-refractivity contribution in [3.05, 3.63) is 0 Å². The summed E-state index contributed by atoms with van der Waals surface area (Å²) < 4.78 is 0. The molecule has 0 saturated carbocycles. The minimum atomic E-state index is 0.169. The fourth-order valence-electron chi connectivity index (χ4n) is 1.29. The van der Waals surface area contributed by atoms with Crippen LogP contribution in [0.1, 0.15) is 12.8 Å². The SMILES string of the molecule is CN1C(=O)CCC1CNC=O. The molecule has 1 fully saturated rings. The summed E-state index contributed by atoms with van der Waals surface area (Å²) in [6, 6.07) is 0.202. The van der Waals surface area contributed by atoms with Crippen LogP contribution in [0, 0.1) is 0 Å². The number of likely N-dealkylation sites (N-methyl/N-ethyl adjacent to an activating group) is 1. The number of likely N-dealkylation sites (tertiary alicyclic amines) is 1. The number of carbonyl (C=O) groups excluding carboxylic acids is 2. The van der Waals surface area contributed by atoms with Gasteiger partial charge in [0.2, 0.25) is 12.3 Å². The molecule has 1 saturated heterocycles. The van der Waals surface area contributed by atoms with Crippen molar-refractivity contribution in [2.75, 3.05) is 13.6 Å². The lowest BCUT2D eigenvalue weighted by atomic mass is 10.2. The van der Waals surface area contributed by atoms with Crippen LogP contribution in [0.25, 0.3) is 0 Å². The highest BCUT2D eigenvalue weighted by Crippen LogP contribution is 2.14. The lowest BCUT2D eigenvalue weighted by molar-refractivity contribution is -0.127. The van der Waals surface area contributed by atoms with Crippen LogP contribution in [0.5, 0.6) is 0 Å². The zero-order valence-electron chi connectivity index (χ0n) is 6.54. The van der Waals surface area contributed by atoms with Crippen LogP contribution >= 0.6 is 0 Å². The van der Waals surface area contributed by atoms with Crippen molar-refractivity contribution in [3.8, 4) is 0 Å². The van der Waals surface area contributed by atoms with Crippen LogP contribution in [-0.2, 0) is 9.59 Å². The lowest BCUT2D eigenvalue weighted by Gasteiger charge is -2.18. The fraction of sp³-hybridized carbons (Fsp3) is 0.714. The molecule has 1 aliphatic heterocycles. The van der Waals surface area contributed by atoms with Crippen molar-refractivity contribution in [2.24, 2.45) is 0 Å².